The lowest BCUT2D eigenvalue weighted by atomic mass is 9.90. The molecule has 176 valence electrons. The number of aromatic nitrogens is 1. The van der Waals surface area contributed by atoms with E-state index >= 15 is 0 Å². The Hall–Kier alpha value is -3.46. The zero-order chi connectivity index (χ0) is 23.9. The van der Waals surface area contributed by atoms with Crippen LogP contribution in [0.25, 0.3) is 0 Å². The zero-order valence-corrected chi connectivity index (χ0v) is 18.7. The molecule has 0 unspecified atom stereocenters. The average molecular weight is 463 g/mol. The first-order valence-corrected chi connectivity index (χ1v) is 11.1. The second-order valence-corrected chi connectivity index (χ2v) is 8.14. The molecule has 2 heterocycles. The predicted molar refractivity (Wildman–Crippen MR) is 124 cm³/mol. The molecule has 34 heavy (non-hydrogen) atoms. The lowest BCUT2D eigenvalue weighted by Crippen LogP contribution is -2.63. The molecule has 2 aromatic carbocycles. The number of carbonyl (C=O) groups excluding carboxylic acids is 1. The smallest absolute Gasteiger partial charge is 0.274 e. The molecule has 3 aromatic rings. The number of rotatable bonds is 9. The summed E-state index contributed by atoms with van der Waals surface area (Å²) in [4.78, 5) is 29.0. The molecule has 4 rings (SSSR count). The fourth-order valence-electron chi connectivity index (χ4n) is 4.08. The second kappa shape index (κ2) is 11.1. The molecule has 0 saturated carbocycles. The summed E-state index contributed by atoms with van der Waals surface area (Å²) in [5.41, 5.74) is 1.89. The molecule has 0 N–H and O–H groups in total. The van der Waals surface area contributed by atoms with Crippen molar-refractivity contribution < 1.29 is 23.9 Å². The average Bonchev–Trinajstić information content (AvgIpc) is 2.87. The maximum absolute atomic E-state index is 13.2. The van der Waals surface area contributed by atoms with Crippen molar-refractivity contribution in [2.24, 2.45) is 0 Å². The van der Waals surface area contributed by atoms with Gasteiger partial charge in [-0.2, -0.15) is 0 Å². The van der Waals surface area contributed by atoms with Crippen molar-refractivity contribution in [3.8, 4) is 0 Å². The monoisotopic (exact) mass is 462 g/mol. The van der Waals surface area contributed by atoms with Crippen LogP contribution < -0.4 is 0 Å². The number of benzene rings is 2. The van der Waals surface area contributed by atoms with Gasteiger partial charge in [0.1, 0.15) is 11.8 Å². The van der Waals surface area contributed by atoms with E-state index in [1.54, 1.807) is 19.1 Å². The van der Waals surface area contributed by atoms with Crippen molar-refractivity contribution >= 4 is 5.78 Å². The van der Waals surface area contributed by atoms with Gasteiger partial charge in [0.2, 0.25) is 5.78 Å². The van der Waals surface area contributed by atoms with Crippen LogP contribution in [0.5, 0.6) is 0 Å². The molecule has 1 saturated heterocycles. The van der Waals surface area contributed by atoms with Crippen LogP contribution in [0.3, 0.4) is 0 Å². The highest BCUT2D eigenvalue weighted by molar-refractivity contribution is 5.98. The molecule has 5 atom stereocenters. The largest absolute Gasteiger partial charge is 0.368 e. The highest BCUT2D eigenvalue weighted by atomic mass is 16.6. The van der Waals surface area contributed by atoms with Crippen molar-refractivity contribution in [3.63, 3.8) is 0 Å². The summed E-state index contributed by atoms with van der Waals surface area (Å²) < 4.78 is 18.2. The van der Waals surface area contributed by atoms with Gasteiger partial charge in [-0.3, -0.25) is 19.9 Å². The number of ether oxygens (including phenoxy) is 3. The van der Waals surface area contributed by atoms with Crippen LogP contribution in [0.1, 0.15) is 28.5 Å². The lowest BCUT2D eigenvalue weighted by Gasteiger charge is -2.40. The van der Waals surface area contributed by atoms with E-state index in [4.69, 9.17) is 14.2 Å². The number of nitro groups is 1. The first-order valence-electron chi connectivity index (χ1n) is 11.1. The first-order chi connectivity index (χ1) is 16.5. The van der Waals surface area contributed by atoms with Crippen molar-refractivity contribution in [1.29, 1.82) is 0 Å². The summed E-state index contributed by atoms with van der Waals surface area (Å²) in [6, 6.07) is 22.3. The summed E-state index contributed by atoms with van der Waals surface area (Å²) >= 11 is 0. The number of hydrogen-bond donors (Lipinski definition) is 0. The van der Waals surface area contributed by atoms with Crippen LogP contribution in [0.15, 0.2) is 85.1 Å². The van der Waals surface area contributed by atoms with Gasteiger partial charge in [-0.1, -0.05) is 66.7 Å². The van der Waals surface area contributed by atoms with Gasteiger partial charge in [0.25, 0.3) is 6.04 Å². The van der Waals surface area contributed by atoms with E-state index < -0.39 is 41.2 Å². The Bertz CT molecular complexity index is 1080. The second-order valence-electron chi connectivity index (χ2n) is 8.14. The topological polar surface area (TPSA) is 101 Å². The predicted octanol–water partition coefficient (Wildman–Crippen LogP) is 3.87. The Balaban J connectivity index is 1.62. The Morgan fingerprint density at radius 2 is 1.47 bits per heavy atom. The summed E-state index contributed by atoms with van der Waals surface area (Å²) in [6.45, 7) is 2.11. The van der Waals surface area contributed by atoms with Gasteiger partial charge in [-0.15, -0.1) is 0 Å². The summed E-state index contributed by atoms with van der Waals surface area (Å²) in [7, 11) is 0. The van der Waals surface area contributed by atoms with Gasteiger partial charge in [0.15, 0.2) is 12.2 Å². The van der Waals surface area contributed by atoms with Crippen molar-refractivity contribution in [3.05, 3.63) is 112 Å². The van der Waals surface area contributed by atoms with Crippen LogP contribution >= 0.6 is 0 Å². The van der Waals surface area contributed by atoms with E-state index in [1.807, 2.05) is 60.7 Å². The maximum atomic E-state index is 13.2. The number of pyridine rings is 1. The van der Waals surface area contributed by atoms with E-state index in [2.05, 4.69) is 4.98 Å². The van der Waals surface area contributed by atoms with Crippen molar-refractivity contribution in [2.75, 3.05) is 0 Å². The van der Waals surface area contributed by atoms with E-state index in [0.717, 1.165) is 11.1 Å². The van der Waals surface area contributed by atoms with Gasteiger partial charge >= 0.3 is 0 Å². The zero-order valence-electron chi connectivity index (χ0n) is 18.7. The lowest BCUT2D eigenvalue weighted by molar-refractivity contribution is -0.556. The molecule has 0 spiro atoms. The van der Waals surface area contributed by atoms with E-state index in [1.165, 1.54) is 12.3 Å². The van der Waals surface area contributed by atoms with E-state index in [0.29, 0.717) is 0 Å². The third-order valence-corrected chi connectivity index (χ3v) is 5.78. The van der Waals surface area contributed by atoms with E-state index in [9.17, 15) is 14.9 Å². The summed E-state index contributed by atoms with van der Waals surface area (Å²) in [6.07, 6.45) is -2.28. The van der Waals surface area contributed by atoms with E-state index in [-0.39, 0.29) is 18.9 Å². The van der Waals surface area contributed by atoms with Gasteiger partial charge in [-0.05, 0) is 30.2 Å². The van der Waals surface area contributed by atoms with Crippen LogP contribution in [-0.2, 0) is 27.4 Å². The fraction of sp³-hybridized carbons (Fsp3) is 0.308. The molecular weight excluding hydrogens is 436 g/mol. The van der Waals surface area contributed by atoms with Crippen LogP contribution in [0.2, 0.25) is 0 Å². The maximum Gasteiger partial charge on any atom is 0.274 e. The number of nitrogens with zero attached hydrogens (tertiary/aromatic N) is 2. The number of carbonyl (C=O) groups is 1. The molecule has 1 aliphatic rings. The minimum absolute atomic E-state index is 0.108. The fourth-order valence-corrected chi connectivity index (χ4v) is 4.08. The Labute approximate surface area is 197 Å². The van der Waals surface area contributed by atoms with Crippen molar-refractivity contribution in [2.45, 2.75) is 50.6 Å². The molecule has 8 heteroatoms. The molecule has 0 aliphatic carbocycles. The Morgan fingerprint density at radius 1 is 0.912 bits per heavy atom. The Kier molecular flexibility index (Phi) is 7.74. The first kappa shape index (κ1) is 23.7. The third-order valence-electron chi connectivity index (χ3n) is 5.78. The summed E-state index contributed by atoms with van der Waals surface area (Å²) in [5, 5.41) is 12.3. The minimum Gasteiger partial charge on any atom is -0.368 e. The number of hydrogen-bond acceptors (Lipinski definition) is 7. The van der Waals surface area contributed by atoms with Gasteiger partial charge in [0.05, 0.1) is 19.3 Å². The van der Waals surface area contributed by atoms with Crippen LogP contribution in [0.4, 0.5) is 0 Å². The van der Waals surface area contributed by atoms with Crippen LogP contribution in [0, 0.1) is 10.1 Å². The van der Waals surface area contributed by atoms with Gasteiger partial charge < -0.3 is 14.2 Å². The normalized spacial score (nSPS) is 24.4. The molecule has 1 aromatic heterocycles. The molecule has 0 amide bonds. The number of ketones is 1. The molecule has 1 aliphatic heterocycles. The summed E-state index contributed by atoms with van der Waals surface area (Å²) in [5.74, 6) is -0.552. The number of Topliss-reactive ketones (excluding diaryl/α,β-unsaturated/α-hetero) is 1. The molecule has 0 bridgehead atoms. The van der Waals surface area contributed by atoms with Crippen molar-refractivity contribution in [1.82, 2.24) is 4.98 Å². The molecule has 8 nitrogen and oxygen atoms in total. The minimum atomic E-state index is -1.46. The third kappa shape index (κ3) is 5.53. The molecule has 0 radical (unpaired) electrons. The quantitative estimate of drug-likeness (QED) is 0.270. The molecular formula is C26H26N2O6. The highest BCUT2D eigenvalue weighted by Crippen LogP contribution is 2.30. The van der Waals surface area contributed by atoms with Gasteiger partial charge in [0, 0.05) is 11.1 Å². The Morgan fingerprint density at radius 3 is 2.00 bits per heavy atom. The molecule has 1 fully saturated rings. The highest BCUT2D eigenvalue weighted by Gasteiger charge is 2.55. The SMILES string of the molecule is C[C@@H]1O[C@H](C(=O)c2ccccn2)[C@@H]([N+](=O)[O-])[C@H](OCc2ccccc2)[C@H]1OCc1ccccc1. The van der Waals surface area contributed by atoms with Gasteiger partial charge in [-0.25, -0.2) is 0 Å². The van der Waals surface area contributed by atoms with Crippen LogP contribution in [-0.4, -0.2) is 46.1 Å². The standard InChI is InChI=1S/C26H26N2O6/c1-18-24(32-16-19-10-4-2-5-11-19)26(33-17-20-12-6-3-7-13-20)22(28(30)31)25(34-18)23(29)21-14-8-9-15-27-21/h2-15,18,22,24-26H,16-17H2,1H3/t18-,22+,24-,25-,26-/m0/s1.